The molecule has 0 amide bonds. The SMILES string of the molecule is CCCCCCCCCCCCCCc1c(S(=O)(=O)O)cc2ccccc2c1CCCCCCCCCCCCCC. The van der Waals surface area contributed by atoms with Crippen LogP contribution in [0.25, 0.3) is 10.8 Å². The van der Waals surface area contributed by atoms with Gasteiger partial charge < -0.3 is 0 Å². The molecule has 0 aliphatic rings. The molecule has 0 unspecified atom stereocenters. The quantitative estimate of drug-likeness (QED) is 0.0819. The van der Waals surface area contributed by atoms with Crippen molar-refractivity contribution in [2.24, 2.45) is 0 Å². The first-order chi connectivity index (χ1) is 20.5. The van der Waals surface area contributed by atoms with Gasteiger partial charge in [-0.05, 0) is 53.6 Å². The zero-order chi connectivity index (χ0) is 30.3. The molecule has 0 saturated heterocycles. The summed E-state index contributed by atoms with van der Waals surface area (Å²) >= 11 is 0. The number of unbranched alkanes of at least 4 members (excludes halogenated alkanes) is 22. The van der Waals surface area contributed by atoms with Crippen LogP contribution in [0.2, 0.25) is 0 Å². The Morgan fingerprint density at radius 2 is 0.857 bits per heavy atom. The molecule has 0 bridgehead atoms. The lowest BCUT2D eigenvalue weighted by atomic mass is 9.91. The fraction of sp³-hybridized carbons (Fsp3) is 0.737. The molecule has 0 aliphatic heterocycles. The second kappa shape index (κ2) is 23.1. The summed E-state index contributed by atoms with van der Waals surface area (Å²) in [5.41, 5.74) is 2.02. The highest BCUT2D eigenvalue weighted by atomic mass is 32.2. The summed E-state index contributed by atoms with van der Waals surface area (Å²) < 4.78 is 35.2. The third-order valence-corrected chi connectivity index (χ3v) is 9.99. The average Bonchev–Trinajstić information content (AvgIpc) is 2.98. The maximum absolute atomic E-state index is 12.5. The summed E-state index contributed by atoms with van der Waals surface area (Å²) in [5, 5.41) is 2.07. The second-order valence-electron chi connectivity index (χ2n) is 12.8. The maximum atomic E-state index is 12.5. The minimum absolute atomic E-state index is 0.137. The van der Waals surface area contributed by atoms with E-state index in [1.807, 2.05) is 12.1 Å². The average molecular weight is 601 g/mol. The monoisotopic (exact) mass is 600 g/mol. The molecule has 0 saturated carbocycles. The van der Waals surface area contributed by atoms with Crippen LogP contribution in [0.1, 0.15) is 179 Å². The normalized spacial score (nSPS) is 12.0. The van der Waals surface area contributed by atoms with Gasteiger partial charge in [0, 0.05) is 0 Å². The molecule has 0 fully saturated rings. The Balaban J connectivity index is 1.84. The first kappa shape index (κ1) is 36.8. The van der Waals surface area contributed by atoms with Crippen molar-refractivity contribution in [1.82, 2.24) is 0 Å². The van der Waals surface area contributed by atoms with Crippen LogP contribution >= 0.6 is 0 Å². The van der Waals surface area contributed by atoms with E-state index in [1.165, 1.54) is 135 Å². The summed E-state index contributed by atoms with van der Waals surface area (Å²) in [7, 11) is -4.27. The van der Waals surface area contributed by atoms with Crippen molar-refractivity contribution < 1.29 is 13.0 Å². The lowest BCUT2D eigenvalue weighted by molar-refractivity contribution is 0.481. The van der Waals surface area contributed by atoms with Crippen LogP contribution in [0, 0.1) is 0 Å². The van der Waals surface area contributed by atoms with E-state index < -0.39 is 10.1 Å². The van der Waals surface area contributed by atoms with Crippen molar-refractivity contribution in [1.29, 1.82) is 0 Å². The highest BCUT2D eigenvalue weighted by Crippen LogP contribution is 2.32. The Morgan fingerprint density at radius 3 is 1.26 bits per heavy atom. The van der Waals surface area contributed by atoms with E-state index in [-0.39, 0.29) is 4.90 Å². The predicted octanol–water partition coefficient (Wildman–Crippen LogP) is 12.6. The van der Waals surface area contributed by atoms with Crippen LogP contribution < -0.4 is 0 Å². The van der Waals surface area contributed by atoms with Crippen molar-refractivity contribution in [3.63, 3.8) is 0 Å². The van der Waals surface area contributed by atoms with Crippen molar-refractivity contribution in [3.8, 4) is 0 Å². The molecule has 1 N–H and O–H groups in total. The van der Waals surface area contributed by atoms with E-state index >= 15 is 0 Å². The molecule has 0 aliphatic carbocycles. The molecular weight excluding hydrogens is 536 g/mol. The Labute approximate surface area is 260 Å². The fourth-order valence-corrected chi connectivity index (χ4v) is 7.33. The first-order valence-corrected chi connectivity index (χ1v) is 19.4. The van der Waals surface area contributed by atoms with E-state index in [1.54, 1.807) is 6.07 Å². The molecule has 3 nitrogen and oxygen atoms in total. The molecule has 42 heavy (non-hydrogen) atoms. The van der Waals surface area contributed by atoms with E-state index in [2.05, 4.69) is 26.0 Å². The lowest BCUT2D eigenvalue weighted by Gasteiger charge is -2.17. The van der Waals surface area contributed by atoms with Gasteiger partial charge in [-0.25, -0.2) is 0 Å². The molecule has 0 spiro atoms. The van der Waals surface area contributed by atoms with Crippen LogP contribution in [-0.2, 0) is 23.0 Å². The fourth-order valence-electron chi connectivity index (χ4n) is 6.51. The highest BCUT2D eigenvalue weighted by molar-refractivity contribution is 7.85. The lowest BCUT2D eigenvalue weighted by Crippen LogP contribution is -2.08. The molecule has 240 valence electrons. The summed E-state index contributed by atoms with van der Waals surface area (Å²) in [6.45, 7) is 4.54. The van der Waals surface area contributed by atoms with Gasteiger partial charge in [-0.15, -0.1) is 0 Å². The summed E-state index contributed by atoms with van der Waals surface area (Å²) in [4.78, 5) is 0.137. The van der Waals surface area contributed by atoms with Gasteiger partial charge in [0.1, 0.15) is 0 Å². The van der Waals surface area contributed by atoms with Crippen LogP contribution in [-0.4, -0.2) is 13.0 Å². The van der Waals surface area contributed by atoms with Crippen LogP contribution in [0.5, 0.6) is 0 Å². The smallest absolute Gasteiger partial charge is 0.282 e. The molecule has 0 radical (unpaired) electrons. The van der Waals surface area contributed by atoms with Gasteiger partial charge in [0.2, 0.25) is 0 Å². The molecule has 4 heteroatoms. The van der Waals surface area contributed by atoms with Crippen molar-refractivity contribution in [2.45, 2.75) is 186 Å². The summed E-state index contributed by atoms with van der Waals surface area (Å²) in [6.07, 6.45) is 32.8. The van der Waals surface area contributed by atoms with Crippen molar-refractivity contribution >= 4 is 20.9 Å². The summed E-state index contributed by atoms with van der Waals surface area (Å²) in [6, 6.07) is 9.81. The first-order valence-electron chi connectivity index (χ1n) is 18.0. The Kier molecular flexibility index (Phi) is 20.2. The predicted molar refractivity (Wildman–Crippen MR) is 183 cm³/mol. The third-order valence-electron chi connectivity index (χ3n) is 9.07. The minimum Gasteiger partial charge on any atom is -0.282 e. The molecule has 2 rings (SSSR count). The van der Waals surface area contributed by atoms with Gasteiger partial charge in [0.05, 0.1) is 4.90 Å². The van der Waals surface area contributed by atoms with E-state index in [9.17, 15) is 13.0 Å². The standard InChI is InChI=1S/C38H64O3S/c1-3-5-7-9-11-13-15-17-19-21-23-25-31-36-35-30-28-27-29-34(35)33-38(42(39,40)41)37(36)32-26-24-22-20-18-16-14-12-10-8-6-4-2/h27-30,33H,3-26,31-32H2,1-2H3,(H,39,40,41). The number of hydrogen-bond donors (Lipinski definition) is 1. The van der Waals surface area contributed by atoms with Gasteiger partial charge in [0.15, 0.2) is 0 Å². The Hall–Kier alpha value is -1.39. The minimum atomic E-state index is -4.27. The van der Waals surface area contributed by atoms with Gasteiger partial charge in [-0.3, -0.25) is 4.55 Å². The Morgan fingerprint density at radius 1 is 0.500 bits per heavy atom. The van der Waals surface area contributed by atoms with Crippen molar-refractivity contribution in [3.05, 3.63) is 41.5 Å². The van der Waals surface area contributed by atoms with Gasteiger partial charge in [0.25, 0.3) is 10.1 Å². The maximum Gasteiger partial charge on any atom is 0.294 e. The van der Waals surface area contributed by atoms with E-state index in [4.69, 9.17) is 0 Å². The largest absolute Gasteiger partial charge is 0.294 e. The number of rotatable bonds is 27. The van der Waals surface area contributed by atoms with Crippen LogP contribution in [0.4, 0.5) is 0 Å². The summed E-state index contributed by atoms with van der Waals surface area (Å²) in [5.74, 6) is 0. The molecular formula is C38H64O3S. The number of benzene rings is 2. The molecule has 0 heterocycles. The second-order valence-corrected chi connectivity index (χ2v) is 14.2. The van der Waals surface area contributed by atoms with Gasteiger partial charge in [-0.2, -0.15) is 8.42 Å². The molecule has 2 aromatic carbocycles. The zero-order valence-corrected chi connectivity index (χ0v) is 28.3. The molecule has 2 aromatic rings. The number of aryl methyl sites for hydroxylation is 1. The zero-order valence-electron chi connectivity index (χ0n) is 27.4. The van der Waals surface area contributed by atoms with E-state index in [0.717, 1.165) is 54.0 Å². The molecule has 0 aromatic heterocycles. The number of fused-ring (bicyclic) bond motifs is 1. The highest BCUT2D eigenvalue weighted by Gasteiger charge is 2.21. The van der Waals surface area contributed by atoms with Crippen LogP contribution in [0.15, 0.2) is 35.2 Å². The Bertz CT molecular complexity index is 1060. The van der Waals surface area contributed by atoms with Crippen molar-refractivity contribution in [2.75, 3.05) is 0 Å². The van der Waals surface area contributed by atoms with Crippen LogP contribution in [0.3, 0.4) is 0 Å². The number of hydrogen-bond acceptors (Lipinski definition) is 2. The van der Waals surface area contributed by atoms with Gasteiger partial charge >= 0.3 is 0 Å². The molecule has 0 atom stereocenters. The van der Waals surface area contributed by atoms with Gasteiger partial charge in [-0.1, -0.05) is 179 Å². The van der Waals surface area contributed by atoms with E-state index in [0.29, 0.717) is 0 Å². The topological polar surface area (TPSA) is 54.4 Å². The third kappa shape index (κ3) is 15.4.